The van der Waals surface area contributed by atoms with Crippen LogP contribution in [0, 0.1) is 0 Å². The van der Waals surface area contributed by atoms with Gasteiger partial charge in [0.15, 0.2) is 0 Å². The van der Waals surface area contributed by atoms with Gasteiger partial charge in [-0.25, -0.2) is 0 Å². The van der Waals surface area contributed by atoms with Crippen molar-refractivity contribution in [3.63, 3.8) is 0 Å². The van der Waals surface area contributed by atoms with Crippen LogP contribution in [0.25, 0.3) is 0 Å². The highest BCUT2D eigenvalue weighted by Gasteiger charge is 2.78. The van der Waals surface area contributed by atoms with Crippen molar-refractivity contribution in [2.24, 2.45) is 0 Å². The molecule has 6 aliphatic rings. The maximum absolute atomic E-state index is 11.3. The van der Waals surface area contributed by atoms with E-state index in [0.717, 1.165) is 0 Å². The zero-order valence-corrected chi connectivity index (χ0v) is 28.3. The summed E-state index contributed by atoms with van der Waals surface area (Å²) < 4.78 is 83.6. The van der Waals surface area contributed by atoms with Crippen LogP contribution in [0.2, 0.25) is 51.9 Å². The van der Waals surface area contributed by atoms with Crippen molar-refractivity contribution in [2.75, 3.05) is 6.61 Å². The molecule has 6 saturated heterocycles. The second-order valence-corrected chi connectivity index (χ2v) is 33.1. The Hall–Kier alpha value is 0.725. The van der Waals surface area contributed by atoms with Gasteiger partial charge in [0.1, 0.15) is 0 Å². The number of rotatable bonds is 4. The fourth-order valence-electron chi connectivity index (χ4n) is 5.04. The highest BCUT2D eigenvalue weighted by atomic mass is 28.6. The van der Waals surface area contributed by atoms with Gasteiger partial charge in [0, 0.05) is 58.8 Å². The lowest BCUT2D eigenvalue weighted by Gasteiger charge is -2.60. The van der Waals surface area contributed by atoms with Crippen molar-refractivity contribution in [1.82, 2.24) is 0 Å². The van der Waals surface area contributed by atoms with Crippen molar-refractivity contribution in [3.8, 4) is 0 Å². The third kappa shape index (κ3) is 5.05. The summed E-state index contributed by atoms with van der Waals surface area (Å²) in [6, 6.07) is 0.268. The highest BCUT2D eigenvalue weighted by molar-refractivity contribution is 7.02. The Balaban J connectivity index is 1.65. The summed E-state index contributed by atoms with van der Waals surface area (Å²) in [5.41, 5.74) is 0. The first-order valence-corrected chi connectivity index (χ1v) is 28.5. The Labute approximate surface area is 206 Å². The largest absolute Gasteiger partial charge is 0.478 e. The van der Waals surface area contributed by atoms with E-state index in [4.69, 9.17) is 54.1 Å². The Morgan fingerprint density at radius 1 is 0.529 bits per heavy atom. The quantitative estimate of drug-likeness (QED) is 0.251. The van der Waals surface area contributed by atoms with Crippen LogP contribution in [0.1, 0.15) is 13.3 Å². The molecule has 0 N–H and O–H groups in total. The van der Waals surface area contributed by atoms with Crippen LogP contribution >= 0.6 is 0 Å². The van der Waals surface area contributed by atoms with Crippen LogP contribution in [0.15, 0.2) is 0 Å². The predicted octanol–water partition coefficient (Wildman–Crippen LogP) is 1.13. The molecular formula is C12H30O14Si8. The molecule has 0 unspecified atom stereocenters. The van der Waals surface area contributed by atoms with Crippen molar-refractivity contribution in [2.45, 2.75) is 65.2 Å². The van der Waals surface area contributed by atoms with E-state index in [0.29, 0.717) is 6.42 Å². The standard InChI is InChI=1S/C12H30O14Si8/c1-12(13)14-10-9-11-34-24-31(6)18-28(3)15-27(2)16-29(4,20-31)22-33(8,26-34)23-30(5,17-27)21-32(7,19-28)25-34/h9-11H2,1-8H3. The number of hydrogen-bond acceptors (Lipinski definition) is 14. The third-order valence-corrected chi connectivity index (χ3v) is 41.1. The molecule has 6 rings (SSSR count). The summed E-state index contributed by atoms with van der Waals surface area (Å²) in [6.07, 6.45) is 0.401. The second-order valence-electron chi connectivity index (χ2n) is 9.39. The summed E-state index contributed by atoms with van der Waals surface area (Å²) in [5.74, 6) is -0.380. The molecule has 6 aliphatic heterocycles. The van der Waals surface area contributed by atoms with Gasteiger partial charge in [0.05, 0.1) is 6.61 Å². The third-order valence-electron chi connectivity index (χ3n) is 5.29. The van der Waals surface area contributed by atoms with E-state index in [1.165, 1.54) is 6.92 Å². The number of carbonyl (C=O) groups excluding carboxylic acids is 1. The zero-order valence-electron chi connectivity index (χ0n) is 20.3. The molecule has 6 heterocycles. The van der Waals surface area contributed by atoms with Crippen LogP contribution in [0.3, 0.4) is 0 Å². The van der Waals surface area contributed by atoms with Gasteiger partial charge in [-0.05, 0) is 6.42 Å². The molecule has 22 heteroatoms. The maximum Gasteiger partial charge on any atom is 0.478 e. The Morgan fingerprint density at radius 3 is 1.06 bits per heavy atom. The van der Waals surface area contributed by atoms with E-state index in [1.54, 1.807) is 45.8 Å². The van der Waals surface area contributed by atoms with Crippen LogP contribution in [-0.2, 0) is 58.9 Å². The maximum atomic E-state index is 11.3. The minimum absolute atomic E-state index is 0.158. The topological polar surface area (TPSA) is 137 Å². The van der Waals surface area contributed by atoms with Gasteiger partial charge >= 0.3 is 76.4 Å². The van der Waals surface area contributed by atoms with Crippen LogP contribution in [-0.4, -0.2) is 83.0 Å². The van der Waals surface area contributed by atoms with E-state index < -0.39 is 70.4 Å². The highest BCUT2D eigenvalue weighted by Crippen LogP contribution is 2.48. The van der Waals surface area contributed by atoms with Crippen molar-refractivity contribution in [1.29, 1.82) is 0 Å². The molecule has 8 bridgehead atoms. The number of hydrogen-bond donors (Lipinski definition) is 0. The van der Waals surface area contributed by atoms with E-state index in [-0.39, 0.29) is 18.6 Å². The fourth-order valence-corrected chi connectivity index (χ4v) is 50.9. The average Bonchev–Trinajstić information content (AvgIpc) is 2.48. The second kappa shape index (κ2) is 7.87. The molecule has 0 saturated carbocycles. The normalized spacial score (nSPS) is 56.2. The van der Waals surface area contributed by atoms with Gasteiger partial charge < -0.3 is 54.1 Å². The van der Waals surface area contributed by atoms with E-state index in [2.05, 4.69) is 0 Å². The van der Waals surface area contributed by atoms with E-state index >= 15 is 0 Å². The summed E-state index contributed by atoms with van der Waals surface area (Å²) >= 11 is 0. The molecule has 194 valence electrons. The van der Waals surface area contributed by atoms with E-state index in [9.17, 15) is 4.79 Å². The molecular weight excluding hydrogens is 593 g/mol. The van der Waals surface area contributed by atoms with Crippen molar-refractivity contribution < 1.29 is 58.9 Å². The first-order chi connectivity index (χ1) is 15.4. The molecule has 0 aromatic carbocycles. The number of carbonyl (C=O) groups is 1. The van der Waals surface area contributed by atoms with Gasteiger partial charge in [-0.15, -0.1) is 0 Å². The van der Waals surface area contributed by atoms with Gasteiger partial charge in [0.2, 0.25) is 0 Å². The van der Waals surface area contributed by atoms with Crippen LogP contribution < -0.4 is 0 Å². The van der Waals surface area contributed by atoms with Gasteiger partial charge in [-0.3, -0.25) is 4.79 Å². The molecule has 0 aliphatic carbocycles. The summed E-state index contributed by atoms with van der Waals surface area (Å²) in [4.78, 5) is 11.3. The molecule has 0 amide bonds. The van der Waals surface area contributed by atoms with Crippen molar-refractivity contribution in [3.05, 3.63) is 0 Å². The molecule has 0 aromatic rings. The van der Waals surface area contributed by atoms with Crippen LogP contribution in [0.5, 0.6) is 0 Å². The molecule has 0 aromatic heterocycles. The Bertz CT molecular complexity index is 782. The lowest BCUT2D eigenvalue weighted by molar-refractivity contribution is -0.141. The van der Waals surface area contributed by atoms with Gasteiger partial charge in [0.25, 0.3) is 0 Å². The fraction of sp³-hybridized carbons (Fsp3) is 0.917. The summed E-state index contributed by atoms with van der Waals surface area (Å²) in [7, 11) is -28.5. The molecule has 0 spiro atoms. The lowest BCUT2D eigenvalue weighted by Crippen LogP contribution is -2.86. The monoisotopic (exact) mass is 622 g/mol. The van der Waals surface area contributed by atoms with Crippen molar-refractivity contribution >= 4 is 76.4 Å². The molecule has 14 nitrogen and oxygen atoms in total. The Morgan fingerprint density at radius 2 is 0.794 bits per heavy atom. The lowest BCUT2D eigenvalue weighted by atomic mass is 10.5. The minimum atomic E-state index is -3.71. The Kier molecular flexibility index (Phi) is 6.10. The predicted molar refractivity (Wildman–Crippen MR) is 126 cm³/mol. The smallest absolute Gasteiger partial charge is 0.466 e. The first kappa shape index (κ1) is 26.3. The first-order valence-electron chi connectivity index (χ1n) is 10.9. The zero-order chi connectivity index (χ0) is 24.9. The number of esters is 1. The average molecular weight is 623 g/mol. The molecule has 34 heavy (non-hydrogen) atoms. The van der Waals surface area contributed by atoms with Crippen LogP contribution in [0.4, 0.5) is 0 Å². The molecule has 6 fully saturated rings. The molecule has 0 radical (unpaired) electrons. The number of ether oxygens (including phenoxy) is 1. The SMILES string of the molecule is CC(=O)OCCC[Si]12O[Si]3(C)O[Si]4(C)O[Si]5(C)O[Si](C)(O3)O[Si](C)(O[Si](C)(O5)O[Si](C)(O4)O1)O2. The summed E-state index contributed by atoms with van der Waals surface area (Å²) in [6.45, 7) is 13.6. The minimum Gasteiger partial charge on any atom is -0.466 e. The van der Waals surface area contributed by atoms with Gasteiger partial charge in [-0.2, -0.15) is 0 Å². The van der Waals surface area contributed by atoms with Gasteiger partial charge in [-0.1, -0.05) is 0 Å². The summed E-state index contributed by atoms with van der Waals surface area (Å²) in [5, 5.41) is 0. The van der Waals surface area contributed by atoms with E-state index in [1.807, 2.05) is 0 Å². The molecule has 0 atom stereocenters.